The number of rotatable bonds is 3. The Balaban J connectivity index is 1.95. The standard InChI is InChI=1S/C17H14FN3O3S/c1-11-19-16(20-24-11)12-4-3-5-13(10-12)17(22)21-25(2,23)15-8-6-14(18)7-9-15/h3-10H,1-2H3. The van der Waals surface area contributed by atoms with Gasteiger partial charge < -0.3 is 4.52 Å². The summed E-state index contributed by atoms with van der Waals surface area (Å²) in [4.78, 5) is 16.8. The second-order valence-electron chi connectivity index (χ2n) is 5.37. The first-order valence-electron chi connectivity index (χ1n) is 7.28. The molecule has 128 valence electrons. The number of aromatic nitrogens is 2. The Hall–Kier alpha value is -2.87. The van der Waals surface area contributed by atoms with Crippen molar-refractivity contribution in [3.63, 3.8) is 0 Å². The fraction of sp³-hybridized carbons (Fsp3) is 0.118. The third kappa shape index (κ3) is 3.80. The van der Waals surface area contributed by atoms with Gasteiger partial charge in [0.15, 0.2) is 0 Å². The molecule has 0 spiro atoms. The molecule has 0 aliphatic heterocycles. The number of nitrogens with zero attached hydrogens (tertiary/aromatic N) is 3. The molecule has 0 saturated carbocycles. The van der Waals surface area contributed by atoms with E-state index in [1.807, 2.05) is 0 Å². The minimum atomic E-state index is -2.99. The van der Waals surface area contributed by atoms with Crippen LogP contribution in [0.5, 0.6) is 0 Å². The molecule has 2 aromatic carbocycles. The third-order valence-electron chi connectivity index (χ3n) is 3.40. The van der Waals surface area contributed by atoms with Crippen LogP contribution in [0.2, 0.25) is 0 Å². The zero-order valence-corrected chi connectivity index (χ0v) is 14.3. The summed E-state index contributed by atoms with van der Waals surface area (Å²) in [5, 5.41) is 3.80. The average molecular weight is 359 g/mol. The molecule has 1 aromatic heterocycles. The van der Waals surface area contributed by atoms with Gasteiger partial charge in [-0.15, -0.1) is 0 Å². The van der Waals surface area contributed by atoms with Crippen molar-refractivity contribution in [2.24, 2.45) is 4.36 Å². The van der Waals surface area contributed by atoms with Crippen molar-refractivity contribution < 1.29 is 17.9 Å². The lowest BCUT2D eigenvalue weighted by Crippen LogP contribution is -2.04. The summed E-state index contributed by atoms with van der Waals surface area (Å²) in [6, 6.07) is 11.6. The molecular formula is C17H14FN3O3S. The van der Waals surface area contributed by atoms with Crippen LogP contribution < -0.4 is 0 Å². The van der Waals surface area contributed by atoms with E-state index < -0.39 is 21.5 Å². The molecule has 1 atom stereocenters. The van der Waals surface area contributed by atoms with Gasteiger partial charge in [0.2, 0.25) is 11.7 Å². The van der Waals surface area contributed by atoms with Gasteiger partial charge in [0, 0.05) is 29.2 Å². The fourth-order valence-electron chi connectivity index (χ4n) is 2.16. The lowest BCUT2D eigenvalue weighted by molar-refractivity contribution is 0.100. The van der Waals surface area contributed by atoms with Crippen molar-refractivity contribution in [1.82, 2.24) is 10.1 Å². The van der Waals surface area contributed by atoms with Crippen LogP contribution in [0.3, 0.4) is 0 Å². The van der Waals surface area contributed by atoms with Crippen molar-refractivity contribution in [3.8, 4) is 11.4 Å². The summed E-state index contributed by atoms with van der Waals surface area (Å²) >= 11 is 0. The minimum Gasteiger partial charge on any atom is -0.339 e. The molecule has 0 fully saturated rings. The van der Waals surface area contributed by atoms with Crippen LogP contribution in [0.15, 0.2) is 62.3 Å². The lowest BCUT2D eigenvalue weighted by atomic mass is 10.1. The molecule has 25 heavy (non-hydrogen) atoms. The largest absolute Gasteiger partial charge is 0.339 e. The molecule has 0 radical (unpaired) electrons. The molecule has 0 N–H and O–H groups in total. The van der Waals surface area contributed by atoms with Gasteiger partial charge >= 0.3 is 0 Å². The second kappa shape index (κ2) is 6.56. The molecule has 0 aliphatic carbocycles. The number of hydrogen-bond acceptors (Lipinski definition) is 5. The average Bonchev–Trinajstić information content (AvgIpc) is 3.01. The molecule has 3 rings (SSSR count). The van der Waals surface area contributed by atoms with E-state index in [0.717, 1.165) is 0 Å². The molecule has 1 unspecified atom stereocenters. The Bertz CT molecular complexity index is 1050. The van der Waals surface area contributed by atoms with Crippen LogP contribution in [-0.2, 0) is 9.73 Å². The SMILES string of the molecule is Cc1nc(-c2cccc(C(=O)N=S(C)(=O)c3ccc(F)cc3)c2)no1. The quantitative estimate of drug-likeness (QED) is 0.715. The second-order valence-corrected chi connectivity index (χ2v) is 7.63. The molecule has 6 nitrogen and oxygen atoms in total. The lowest BCUT2D eigenvalue weighted by Gasteiger charge is -2.04. The Labute approximate surface area is 143 Å². The maximum atomic E-state index is 13.0. The summed E-state index contributed by atoms with van der Waals surface area (Å²) < 4.78 is 34.4. The van der Waals surface area contributed by atoms with Crippen molar-refractivity contribution in [3.05, 3.63) is 65.8 Å². The van der Waals surface area contributed by atoms with Crippen LogP contribution in [0, 0.1) is 12.7 Å². The van der Waals surface area contributed by atoms with Crippen molar-refractivity contribution in [2.45, 2.75) is 11.8 Å². The summed E-state index contributed by atoms with van der Waals surface area (Å²) in [6.45, 7) is 1.66. The number of halogens is 1. The summed E-state index contributed by atoms with van der Waals surface area (Å²) in [7, 11) is -2.99. The first-order valence-corrected chi connectivity index (χ1v) is 9.20. The highest BCUT2D eigenvalue weighted by atomic mass is 32.2. The Morgan fingerprint density at radius 2 is 1.92 bits per heavy atom. The van der Waals surface area contributed by atoms with E-state index in [1.165, 1.54) is 30.5 Å². The predicted molar refractivity (Wildman–Crippen MR) is 90.0 cm³/mol. The topological polar surface area (TPSA) is 85.4 Å². The minimum absolute atomic E-state index is 0.247. The van der Waals surface area contributed by atoms with E-state index >= 15 is 0 Å². The van der Waals surface area contributed by atoms with Crippen molar-refractivity contribution >= 4 is 15.6 Å². The molecule has 3 aromatic rings. The zero-order chi connectivity index (χ0) is 18.0. The molecule has 0 saturated heterocycles. The van der Waals surface area contributed by atoms with Gasteiger partial charge in [-0.05, 0) is 36.4 Å². The van der Waals surface area contributed by atoms with Crippen LogP contribution in [0.25, 0.3) is 11.4 Å². The molecule has 0 bridgehead atoms. The maximum Gasteiger partial charge on any atom is 0.285 e. The van der Waals surface area contributed by atoms with Gasteiger partial charge in [0.1, 0.15) is 5.82 Å². The highest BCUT2D eigenvalue weighted by Crippen LogP contribution is 2.19. The van der Waals surface area contributed by atoms with E-state index in [-0.39, 0.29) is 10.5 Å². The number of benzene rings is 2. The van der Waals surface area contributed by atoms with Gasteiger partial charge in [0.05, 0.1) is 9.73 Å². The molecular weight excluding hydrogens is 345 g/mol. The van der Waals surface area contributed by atoms with Gasteiger partial charge in [0.25, 0.3) is 5.91 Å². The van der Waals surface area contributed by atoms with E-state index in [0.29, 0.717) is 17.3 Å². The predicted octanol–water partition coefficient (Wildman–Crippen LogP) is 3.48. The zero-order valence-electron chi connectivity index (χ0n) is 13.5. The maximum absolute atomic E-state index is 13.0. The van der Waals surface area contributed by atoms with Gasteiger partial charge in [-0.3, -0.25) is 4.79 Å². The van der Waals surface area contributed by atoms with E-state index in [9.17, 15) is 13.4 Å². The van der Waals surface area contributed by atoms with Crippen molar-refractivity contribution in [2.75, 3.05) is 6.26 Å². The van der Waals surface area contributed by atoms with Crippen LogP contribution in [0.4, 0.5) is 4.39 Å². The molecule has 1 heterocycles. The fourth-order valence-corrected chi connectivity index (χ4v) is 3.33. The monoisotopic (exact) mass is 359 g/mol. The van der Waals surface area contributed by atoms with Crippen LogP contribution in [0.1, 0.15) is 16.2 Å². The van der Waals surface area contributed by atoms with Gasteiger partial charge in [-0.1, -0.05) is 17.3 Å². The molecule has 0 aliphatic rings. The number of amides is 1. The summed E-state index contributed by atoms with van der Waals surface area (Å²) in [5.41, 5.74) is 0.832. The van der Waals surface area contributed by atoms with E-state index in [4.69, 9.17) is 4.52 Å². The van der Waals surface area contributed by atoms with Gasteiger partial charge in [-0.25, -0.2) is 8.60 Å². The number of carbonyl (C=O) groups is 1. The Kier molecular flexibility index (Phi) is 4.45. The smallest absolute Gasteiger partial charge is 0.285 e. The Morgan fingerprint density at radius 1 is 1.20 bits per heavy atom. The first kappa shape index (κ1) is 17.0. The molecule has 8 heteroatoms. The highest BCUT2D eigenvalue weighted by Gasteiger charge is 2.13. The number of aryl methyl sites for hydroxylation is 1. The van der Waals surface area contributed by atoms with Crippen LogP contribution in [-0.4, -0.2) is 26.5 Å². The Morgan fingerprint density at radius 3 is 2.56 bits per heavy atom. The third-order valence-corrected chi connectivity index (χ3v) is 5.06. The van der Waals surface area contributed by atoms with E-state index in [1.54, 1.807) is 31.2 Å². The highest BCUT2D eigenvalue weighted by molar-refractivity contribution is 7.93. The van der Waals surface area contributed by atoms with Crippen molar-refractivity contribution in [1.29, 1.82) is 0 Å². The summed E-state index contributed by atoms with van der Waals surface area (Å²) in [5.74, 6) is -0.334. The summed E-state index contributed by atoms with van der Waals surface area (Å²) in [6.07, 6.45) is 1.34. The van der Waals surface area contributed by atoms with Crippen LogP contribution >= 0.6 is 0 Å². The normalized spacial score (nSPS) is 13.2. The first-order chi connectivity index (χ1) is 11.8. The molecule has 1 amide bonds. The van der Waals surface area contributed by atoms with E-state index in [2.05, 4.69) is 14.5 Å². The van der Waals surface area contributed by atoms with Gasteiger partial charge in [-0.2, -0.15) is 9.35 Å². The number of carbonyl (C=O) groups excluding carboxylic acids is 1. The number of hydrogen-bond donors (Lipinski definition) is 0.